The Morgan fingerprint density at radius 3 is 2.71 bits per heavy atom. The molecule has 1 aromatic rings. The molecule has 0 saturated heterocycles. The fraction of sp³-hybridized carbons (Fsp3) is 0.200. The molecule has 2 heteroatoms. The summed E-state index contributed by atoms with van der Waals surface area (Å²) in [5, 5.41) is 2.99. The van der Waals surface area contributed by atoms with Gasteiger partial charge in [-0.15, -0.1) is 11.3 Å². The van der Waals surface area contributed by atoms with Crippen molar-refractivity contribution in [2.24, 2.45) is 0 Å². The Balaban J connectivity index is 3.12. The maximum absolute atomic E-state index is 3.35. The zero-order valence-corrected chi connectivity index (χ0v) is 6.27. The highest BCUT2D eigenvalue weighted by Crippen LogP contribution is 2.20. The number of thiophene rings is 1. The molecule has 0 bridgehead atoms. The molecule has 0 spiro atoms. The molecule has 7 heavy (non-hydrogen) atoms. The van der Waals surface area contributed by atoms with Crippen LogP contribution in [0.1, 0.15) is 5.56 Å². The van der Waals surface area contributed by atoms with Crippen LogP contribution in [0.4, 0.5) is 0 Å². The highest BCUT2D eigenvalue weighted by Gasteiger charge is 1.90. The minimum Gasteiger partial charge on any atom is -0.127 e. The minimum atomic E-state index is 1.19. The van der Waals surface area contributed by atoms with E-state index in [1.54, 1.807) is 11.3 Å². The van der Waals surface area contributed by atoms with E-state index in [4.69, 9.17) is 0 Å². The number of hydrogen-bond acceptors (Lipinski definition) is 1. The van der Waals surface area contributed by atoms with Crippen LogP contribution in [0.2, 0.25) is 0 Å². The molecule has 0 aliphatic heterocycles. The van der Waals surface area contributed by atoms with Gasteiger partial charge < -0.3 is 0 Å². The van der Waals surface area contributed by atoms with E-state index in [9.17, 15) is 0 Å². The summed E-state index contributed by atoms with van der Waals surface area (Å²) in [5.74, 6) is 0. The fourth-order valence-corrected chi connectivity index (χ4v) is 1.26. The van der Waals surface area contributed by atoms with Crippen LogP contribution in [0, 0.1) is 12.3 Å². The van der Waals surface area contributed by atoms with E-state index >= 15 is 0 Å². The SMILES string of the molecule is Cc1c[c]sc1Br. The first kappa shape index (κ1) is 5.32. The Morgan fingerprint density at radius 1 is 1.86 bits per heavy atom. The molecule has 0 saturated carbocycles. The van der Waals surface area contributed by atoms with E-state index in [-0.39, 0.29) is 0 Å². The maximum Gasteiger partial charge on any atom is 0.0734 e. The van der Waals surface area contributed by atoms with Crippen molar-refractivity contribution >= 4 is 27.3 Å². The van der Waals surface area contributed by atoms with Gasteiger partial charge in [-0.3, -0.25) is 0 Å². The first-order valence-corrected chi connectivity index (χ1v) is 3.53. The van der Waals surface area contributed by atoms with Gasteiger partial charge in [-0.1, -0.05) is 0 Å². The predicted octanol–water partition coefficient (Wildman–Crippen LogP) is 2.62. The van der Waals surface area contributed by atoms with Crippen molar-refractivity contribution in [1.82, 2.24) is 0 Å². The fourth-order valence-electron chi connectivity index (χ4n) is 0.307. The molecule has 1 aromatic heterocycles. The van der Waals surface area contributed by atoms with Gasteiger partial charge in [-0.05, 0) is 34.5 Å². The monoisotopic (exact) mass is 175 g/mol. The molecule has 0 nitrogen and oxygen atoms in total. The van der Waals surface area contributed by atoms with Gasteiger partial charge in [0.05, 0.1) is 3.79 Å². The molecule has 37 valence electrons. The van der Waals surface area contributed by atoms with Crippen LogP contribution in [0.15, 0.2) is 9.85 Å². The average Bonchev–Trinajstić information content (AvgIpc) is 1.91. The molecular formula is C5H4BrS. The summed E-state index contributed by atoms with van der Waals surface area (Å²) >= 11 is 4.95. The molecular weight excluding hydrogens is 172 g/mol. The van der Waals surface area contributed by atoms with Crippen LogP contribution in [0.25, 0.3) is 0 Å². The van der Waals surface area contributed by atoms with E-state index in [1.165, 1.54) is 9.35 Å². The standard InChI is InChI=1S/C5H4BrS/c1-4-2-3-7-5(4)6/h2H,1H3. The van der Waals surface area contributed by atoms with Gasteiger partial charge >= 0.3 is 0 Å². The third-order valence-electron chi connectivity index (χ3n) is 0.734. The second-order valence-corrected chi connectivity index (χ2v) is 3.49. The molecule has 0 N–H and O–H groups in total. The quantitative estimate of drug-likeness (QED) is 0.569. The molecule has 0 atom stereocenters. The third-order valence-corrected chi connectivity index (χ3v) is 2.58. The van der Waals surface area contributed by atoms with Crippen molar-refractivity contribution in [3.8, 4) is 0 Å². The van der Waals surface area contributed by atoms with E-state index < -0.39 is 0 Å². The molecule has 0 aliphatic rings. The average molecular weight is 176 g/mol. The zero-order chi connectivity index (χ0) is 5.28. The van der Waals surface area contributed by atoms with Gasteiger partial charge in [-0.25, -0.2) is 0 Å². The van der Waals surface area contributed by atoms with Crippen LogP contribution in [0.3, 0.4) is 0 Å². The summed E-state index contributed by atoms with van der Waals surface area (Å²) in [6.07, 6.45) is 0. The molecule has 0 aliphatic carbocycles. The predicted molar refractivity (Wildman–Crippen MR) is 35.6 cm³/mol. The Morgan fingerprint density at radius 2 is 2.57 bits per heavy atom. The minimum absolute atomic E-state index is 1.19. The van der Waals surface area contributed by atoms with Crippen molar-refractivity contribution < 1.29 is 0 Å². The number of aryl methyl sites for hydroxylation is 1. The lowest BCUT2D eigenvalue weighted by atomic mass is 10.4. The maximum atomic E-state index is 3.35. The highest BCUT2D eigenvalue weighted by molar-refractivity contribution is 9.11. The Bertz CT molecular complexity index is 140. The van der Waals surface area contributed by atoms with Crippen molar-refractivity contribution in [2.75, 3.05) is 0 Å². The second kappa shape index (κ2) is 1.97. The van der Waals surface area contributed by atoms with Crippen molar-refractivity contribution in [3.05, 3.63) is 20.8 Å². The number of halogens is 1. The first-order chi connectivity index (χ1) is 3.30. The van der Waals surface area contributed by atoms with Gasteiger partial charge in [0.2, 0.25) is 0 Å². The summed E-state index contributed by atoms with van der Waals surface area (Å²) in [5.41, 5.74) is 1.27. The van der Waals surface area contributed by atoms with Gasteiger partial charge in [-0.2, -0.15) is 0 Å². The smallest absolute Gasteiger partial charge is 0.0734 e. The largest absolute Gasteiger partial charge is 0.127 e. The first-order valence-electron chi connectivity index (χ1n) is 1.92. The Labute approximate surface area is 55.3 Å². The summed E-state index contributed by atoms with van der Waals surface area (Å²) in [7, 11) is 0. The highest BCUT2D eigenvalue weighted by atomic mass is 79.9. The van der Waals surface area contributed by atoms with Gasteiger partial charge in [0.1, 0.15) is 0 Å². The lowest BCUT2D eigenvalue weighted by Crippen LogP contribution is -1.55. The molecule has 1 heterocycles. The molecule has 0 fully saturated rings. The Hall–Kier alpha value is 0.180. The van der Waals surface area contributed by atoms with E-state index in [0.717, 1.165) is 0 Å². The lowest BCUT2D eigenvalue weighted by molar-refractivity contribution is 1.53. The van der Waals surface area contributed by atoms with Crippen molar-refractivity contribution in [2.45, 2.75) is 6.92 Å². The molecule has 0 aromatic carbocycles. The normalized spacial score (nSPS) is 9.43. The molecule has 0 amide bonds. The van der Waals surface area contributed by atoms with Gasteiger partial charge in [0, 0.05) is 5.38 Å². The zero-order valence-electron chi connectivity index (χ0n) is 3.86. The summed E-state index contributed by atoms with van der Waals surface area (Å²) in [6, 6.07) is 1.97. The Kier molecular flexibility index (Phi) is 1.50. The number of rotatable bonds is 0. The summed E-state index contributed by atoms with van der Waals surface area (Å²) in [4.78, 5) is 0. The van der Waals surface area contributed by atoms with E-state index in [0.29, 0.717) is 0 Å². The number of hydrogen-bond donors (Lipinski definition) is 0. The van der Waals surface area contributed by atoms with Crippen LogP contribution in [0.5, 0.6) is 0 Å². The van der Waals surface area contributed by atoms with Crippen LogP contribution >= 0.6 is 27.3 Å². The van der Waals surface area contributed by atoms with Crippen LogP contribution in [-0.4, -0.2) is 0 Å². The van der Waals surface area contributed by atoms with Gasteiger partial charge in [0.15, 0.2) is 0 Å². The molecule has 1 radical (unpaired) electrons. The van der Waals surface area contributed by atoms with Crippen molar-refractivity contribution in [1.29, 1.82) is 0 Å². The van der Waals surface area contributed by atoms with E-state index in [2.05, 4.69) is 28.2 Å². The lowest BCUT2D eigenvalue weighted by Gasteiger charge is -1.77. The second-order valence-electron chi connectivity index (χ2n) is 1.32. The summed E-state index contributed by atoms with van der Waals surface area (Å²) in [6.45, 7) is 2.05. The van der Waals surface area contributed by atoms with Crippen molar-refractivity contribution in [3.63, 3.8) is 0 Å². The molecule has 1 rings (SSSR count). The van der Waals surface area contributed by atoms with Gasteiger partial charge in [0.25, 0.3) is 0 Å². The van der Waals surface area contributed by atoms with E-state index in [1.807, 2.05) is 6.07 Å². The third kappa shape index (κ3) is 1.04. The summed E-state index contributed by atoms with van der Waals surface area (Å²) < 4.78 is 1.19. The molecule has 0 unspecified atom stereocenters. The van der Waals surface area contributed by atoms with Crippen LogP contribution in [-0.2, 0) is 0 Å². The van der Waals surface area contributed by atoms with Crippen LogP contribution < -0.4 is 0 Å². The topological polar surface area (TPSA) is 0 Å².